The maximum absolute atomic E-state index is 12.6. The van der Waals surface area contributed by atoms with Gasteiger partial charge in [-0.05, 0) is 29.2 Å². The summed E-state index contributed by atoms with van der Waals surface area (Å²) in [6, 6.07) is 12.8. The van der Waals surface area contributed by atoms with Crippen LogP contribution in [-0.2, 0) is 27.4 Å². The molecule has 2 aromatic carbocycles. The molecule has 1 aliphatic rings. The Morgan fingerprint density at radius 1 is 1.24 bits per heavy atom. The third-order valence-corrected chi connectivity index (χ3v) is 5.57. The number of aromatic amines is 1. The van der Waals surface area contributed by atoms with Gasteiger partial charge in [-0.25, -0.2) is 4.79 Å². The molecule has 150 valence electrons. The zero-order valence-electron chi connectivity index (χ0n) is 16.3. The average molecular weight is 392 g/mol. The van der Waals surface area contributed by atoms with Gasteiger partial charge in [-0.15, -0.1) is 0 Å². The summed E-state index contributed by atoms with van der Waals surface area (Å²) in [5.74, 6) is -1.38. The van der Waals surface area contributed by atoms with Crippen molar-refractivity contribution < 1.29 is 19.4 Å². The summed E-state index contributed by atoms with van der Waals surface area (Å²) in [5, 5.41) is 13.4. The van der Waals surface area contributed by atoms with Crippen molar-refractivity contribution in [3.8, 4) is 0 Å². The van der Waals surface area contributed by atoms with E-state index in [-0.39, 0.29) is 24.7 Å². The van der Waals surface area contributed by atoms with Crippen LogP contribution in [0.2, 0.25) is 0 Å². The molecule has 0 radical (unpaired) electrons. The first-order chi connectivity index (χ1) is 14.0. The number of ether oxygens (including phenoxy) is 1. The molecule has 6 nitrogen and oxygen atoms in total. The number of carbonyl (C=O) groups is 2. The predicted molar refractivity (Wildman–Crippen MR) is 110 cm³/mol. The third-order valence-electron chi connectivity index (χ3n) is 5.57. The number of amides is 1. The number of aromatic nitrogens is 1. The van der Waals surface area contributed by atoms with Gasteiger partial charge in [0.25, 0.3) is 0 Å². The second-order valence-electron chi connectivity index (χ2n) is 7.59. The number of aliphatic carboxylic acids is 1. The molecule has 0 saturated heterocycles. The maximum Gasteiger partial charge on any atom is 0.326 e. The quantitative estimate of drug-likeness (QED) is 0.600. The van der Waals surface area contributed by atoms with E-state index in [2.05, 4.69) is 10.3 Å². The summed E-state index contributed by atoms with van der Waals surface area (Å²) in [6.45, 7) is 3.01. The van der Waals surface area contributed by atoms with Crippen molar-refractivity contribution in [3.05, 3.63) is 70.9 Å². The second-order valence-corrected chi connectivity index (χ2v) is 7.59. The number of fused-ring (bicyclic) bond motifs is 2. The van der Waals surface area contributed by atoms with E-state index >= 15 is 0 Å². The number of nitrogens with one attached hydrogen (secondary N) is 2. The zero-order chi connectivity index (χ0) is 20.4. The molecule has 0 fully saturated rings. The number of carboxylic acid groups (broad SMARTS) is 1. The standard InChI is InChI=1S/C23H24N2O4/c1-14-5-4-8-19-16(11-24-22(14)19)9-20(23(27)28)25-21(26)10-17-13-29-12-15-6-2-3-7-18(15)17/h2-8,11,17,20,24H,9-10,12-13H2,1H3,(H,25,26)(H,27,28). The Morgan fingerprint density at radius 2 is 2.07 bits per heavy atom. The molecule has 0 aliphatic carbocycles. The summed E-state index contributed by atoms with van der Waals surface area (Å²) in [6.07, 6.45) is 2.25. The fourth-order valence-corrected chi connectivity index (χ4v) is 4.06. The Labute approximate surface area is 168 Å². The van der Waals surface area contributed by atoms with Gasteiger partial charge in [-0.2, -0.15) is 0 Å². The van der Waals surface area contributed by atoms with Crippen molar-refractivity contribution in [1.29, 1.82) is 0 Å². The summed E-state index contributed by atoms with van der Waals surface area (Å²) in [5.41, 5.74) is 5.16. The Bertz CT molecular complexity index is 1060. The van der Waals surface area contributed by atoms with Crippen molar-refractivity contribution in [2.24, 2.45) is 0 Å². The highest BCUT2D eigenvalue weighted by Gasteiger charge is 2.26. The number of carbonyl (C=O) groups excluding carboxylic acids is 1. The Balaban J connectivity index is 1.47. The van der Waals surface area contributed by atoms with Crippen molar-refractivity contribution in [3.63, 3.8) is 0 Å². The molecular weight excluding hydrogens is 368 g/mol. The number of benzene rings is 2. The van der Waals surface area contributed by atoms with Gasteiger partial charge in [0, 0.05) is 35.9 Å². The Hall–Kier alpha value is -3.12. The lowest BCUT2D eigenvalue weighted by atomic mass is 9.90. The maximum atomic E-state index is 12.6. The molecule has 2 unspecified atom stereocenters. The highest BCUT2D eigenvalue weighted by atomic mass is 16.5. The molecule has 0 spiro atoms. The largest absolute Gasteiger partial charge is 0.480 e. The van der Waals surface area contributed by atoms with Crippen LogP contribution in [0.1, 0.15) is 34.6 Å². The first kappa shape index (κ1) is 19.2. The van der Waals surface area contributed by atoms with Gasteiger partial charge in [0.1, 0.15) is 6.04 Å². The van der Waals surface area contributed by atoms with Gasteiger partial charge in [0.05, 0.1) is 13.2 Å². The molecule has 0 bridgehead atoms. The summed E-state index contributed by atoms with van der Waals surface area (Å²) in [7, 11) is 0. The number of hydrogen-bond acceptors (Lipinski definition) is 3. The fourth-order valence-electron chi connectivity index (χ4n) is 4.06. The second kappa shape index (κ2) is 8.09. The Kier molecular flexibility index (Phi) is 5.36. The van der Waals surface area contributed by atoms with Gasteiger partial charge in [-0.3, -0.25) is 4.79 Å². The molecule has 1 aliphatic heterocycles. The fraction of sp³-hybridized carbons (Fsp3) is 0.304. The van der Waals surface area contributed by atoms with E-state index in [1.54, 1.807) is 0 Å². The van der Waals surface area contributed by atoms with Crippen LogP contribution in [0.25, 0.3) is 10.9 Å². The van der Waals surface area contributed by atoms with E-state index in [4.69, 9.17) is 4.74 Å². The van der Waals surface area contributed by atoms with Crippen molar-refractivity contribution >= 4 is 22.8 Å². The van der Waals surface area contributed by atoms with Gasteiger partial charge in [-0.1, -0.05) is 42.5 Å². The first-order valence-electron chi connectivity index (χ1n) is 9.76. The van der Waals surface area contributed by atoms with Crippen LogP contribution >= 0.6 is 0 Å². The lowest BCUT2D eigenvalue weighted by Crippen LogP contribution is -2.43. The molecule has 2 atom stereocenters. The number of carboxylic acids is 1. The van der Waals surface area contributed by atoms with Crippen LogP contribution in [-0.4, -0.2) is 34.6 Å². The minimum Gasteiger partial charge on any atom is -0.480 e. The first-order valence-corrected chi connectivity index (χ1v) is 9.76. The lowest BCUT2D eigenvalue weighted by molar-refractivity contribution is -0.141. The molecule has 3 N–H and O–H groups in total. The van der Waals surface area contributed by atoms with E-state index in [9.17, 15) is 14.7 Å². The molecule has 1 amide bonds. The van der Waals surface area contributed by atoms with Crippen molar-refractivity contribution in [2.75, 3.05) is 6.61 Å². The van der Waals surface area contributed by atoms with E-state index in [1.807, 2.05) is 55.6 Å². The molecule has 2 heterocycles. The van der Waals surface area contributed by atoms with Crippen LogP contribution in [0.4, 0.5) is 0 Å². The monoisotopic (exact) mass is 392 g/mol. The van der Waals surface area contributed by atoms with Crippen molar-refractivity contribution in [2.45, 2.75) is 38.3 Å². The molecule has 3 aromatic rings. The molecule has 4 rings (SSSR count). The zero-order valence-corrected chi connectivity index (χ0v) is 16.3. The van der Waals surface area contributed by atoms with Gasteiger partial charge in [0.2, 0.25) is 5.91 Å². The van der Waals surface area contributed by atoms with Crippen LogP contribution < -0.4 is 5.32 Å². The van der Waals surface area contributed by atoms with Crippen LogP contribution in [0, 0.1) is 6.92 Å². The SMILES string of the molecule is Cc1cccc2c(CC(NC(=O)CC3COCc4ccccc43)C(=O)O)c[nH]c12. The molecule has 29 heavy (non-hydrogen) atoms. The summed E-state index contributed by atoms with van der Waals surface area (Å²) < 4.78 is 5.61. The predicted octanol–water partition coefficient (Wildman–Crippen LogP) is 3.29. The van der Waals surface area contributed by atoms with Crippen molar-refractivity contribution in [1.82, 2.24) is 10.3 Å². The van der Waals surface area contributed by atoms with Gasteiger partial charge in [0.15, 0.2) is 0 Å². The minimum absolute atomic E-state index is 0.0647. The highest BCUT2D eigenvalue weighted by molar-refractivity contribution is 5.88. The summed E-state index contributed by atoms with van der Waals surface area (Å²) >= 11 is 0. The molecule has 1 aromatic heterocycles. The third kappa shape index (κ3) is 4.03. The highest BCUT2D eigenvalue weighted by Crippen LogP contribution is 2.29. The number of aryl methyl sites for hydroxylation is 1. The van der Waals surface area contributed by atoms with E-state index in [0.717, 1.165) is 33.2 Å². The smallest absolute Gasteiger partial charge is 0.326 e. The average Bonchev–Trinajstić information content (AvgIpc) is 3.12. The number of rotatable bonds is 6. The lowest BCUT2D eigenvalue weighted by Gasteiger charge is -2.25. The van der Waals surface area contributed by atoms with Crippen LogP contribution in [0.5, 0.6) is 0 Å². The molecular formula is C23H24N2O4. The topological polar surface area (TPSA) is 91.4 Å². The Morgan fingerprint density at radius 3 is 2.90 bits per heavy atom. The number of para-hydroxylation sites is 1. The van der Waals surface area contributed by atoms with Gasteiger partial charge < -0.3 is 20.1 Å². The molecule has 0 saturated carbocycles. The summed E-state index contributed by atoms with van der Waals surface area (Å²) in [4.78, 5) is 27.7. The van der Waals surface area contributed by atoms with Crippen LogP contribution in [0.15, 0.2) is 48.7 Å². The normalized spacial score (nSPS) is 16.9. The van der Waals surface area contributed by atoms with E-state index in [1.165, 1.54) is 0 Å². The number of hydrogen-bond donors (Lipinski definition) is 3. The van der Waals surface area contributed by atoms with E-state index < -0.39 is 12.0 Å². The van der Waals surface area contributed by atoms with Gasteiger partial charge >= 0.3 is 5.97 Å². The van der Waals surface area contributed by atoms with E-state index in [0.29, 0.717) is 13.2 Å². The number of H-pyrrole nitrogens is 1. The molecule has 6 heteroatoms. The van der Waals surface area contributed by atoms with Crippen LogP contribution in [0.3, 0.4) is 0 Å². The minimum atomic E-state index is -1.04.